The van der Waals surface area contributed by atoms with Gasteiger partial charge in [-0.05, 0) is 36.9 Å². The molecule has 1 aromatic heterocycles. The molecular formula is C21H23N3O7. The number of aliphatic hydroxyl groups is 1. The molecule has 0 saturated heterocycles. The molecule has 1 aliphatic rings. The number of benzene rings is 1. The van der Waals surface area contributed by atoms with Crippen LogP contribution in [0.3, 0.4) is 0 Å². The van der Waals surface area contributed by atoms with E-state index >= 15 is 0 Å². The maximum absolute atomic E-state index is 13.0. The molecular weight excluding hydrogens is 406 g/mol. The minimum Gasteiger partial charge on any atom is -0.503 e. The van der Waals surface area contributed by atoms with Crippen LogP contribution in [0.1, 0.15) is 36.0 Å². The summed E-state index contributed by atoms with van der Waals surface area (Å²) in [7, 11) is 0. The summed E-state index contributed by atoms with van der Waals surface area (Å²) in [5, 5.41) is 31.7. The first kappa shape index (κ1) is 22.0. The Morgan fingerprint density at radius 1 is 1.26 bits per heavy atom. The molecule has 1 atom stereocenters. The maximum Gasteiger partial charge on any atom is 0.311 e. The molecule has 0 spiro atoms. The molecule has 0 radical (unpaired) electrons. The molecule has 2 heterocycles. The van der Waals surface area contributed by atoms with Gasteiger partial charge in [0.25, 0.3) is 5.91 Å². The van der Waals surface area contributed by atoms with Gasteiger partial charge in [0.2, 0.25) is 5.78 Å². The zero-order valence-corrected chi connectivity index (χ0v) is 17.1. The molecule has 1 amide bonds. The zero-order valence-electron chi connectivity index (χ0n) is 17.1. The van der Waals surface area contributed by atoms with Crippen LogP contribution >= 0.6 is 0 Å². The summed E-state index contributed by atoms with van der Waals surface area (Å²) in [6, 6.07) is 5.46. The van der Waals surface area contributed by atoms with Crippen LogP contribution in [0.2, 0.25) is 0 Å². The fourth-order valence-electron chi connectivity index (χ4n) is 3.65. The first-order chi connectivity index (χ1) is 14.8. The maximum atomic E-state index is 13.0. The lowest BCUT2D eigenvalue weighted by Gasteiger charge is -2.29. The van der Waals surface area contributed by atoms with Crippen molar-refractivity contribution in [3.63, 3.8) is 0 Å². The molecule has 2 N–H and O–H groups in total. The molecule has 10 heteroatoms. The summed E-state index contributed by atoms with van der Waals surface area (Å²) >= 11 is 0. The second kappa shape index (κ2) is 9.00. The summed E-state index contributed by atoms with van der Waals surface area (Å²) in [6.07, 6.45) is 1.29. The smallest absolute Gasteiger partial charge is 0.311 e. The fraction of sp³-hybridized carbons (Fsp3) is 0.333. The highest BCUT2D eigenvalue weighted by Gasteiger charge is 2.44. The molecule has 2 aromatic rings. The molecule has 1 aliphatic heterocycles. The van der Waals surface area contributed by atoms with Crippen LogP contribution in [0, 0.1) is 10.1 Å². The Kier molecular flexibility index (Phi) is 6.40. The molecule has 1 aromatic carbocycles. The van der Waals surface area contributed by atoms with Crippen molar-refractivity contribution < 1.29 is 29.1 Å². The zero-order chi connectivity index (χ0) is 22.7. The first-order valence-electron chi connectivity index (χ1n) is 9.82. The number of likely N-dealkylation sites (N-methyl/N-ethyl adjacent to an activating group) is 1. The van der Waals surface area contributed by atoms with Crippen molar-refractivity contribution in [1.29, 1.82) is 0 Å². The predicted octanol–water partition coefficient (Wildman–Crippen LogP) is 2.81. The lowest BCUT2D eigenvalue weighted by atomic mass is 9.94. The van der Waals surface area contributed by atoms with Crippen molar-refractivity contribution in [2.75, 3.05) is 26.2 Å². The second-order valence-electron chi connectivity index (χ2n) is 7.00. The number of carbonyl (C=O) groups excluding carboxylic acids is 2. The minimum absolute atomic E-state index is 0.0711. The number of phenols is 1. The van der Waals surface area contributed by atoms with Gasteiger partial charge < -0.3 is 24.4 Å². The van der Waals surface area contributed by atoms with Gasteiger partial charge >= 0.3 is 5.69 Å². The third-order valence-corrected chi connectivity index (χ3v) is 5.36. The van der Waals surface area contributed by atoms with Crippen molar-refractivity contribution in [3.05, 3.63) is 69.4 Å². The Morgan fingerprint density at radius 2 is 1.97 bits per heavy atom. The number of nitro benzene ring substituents is 1. The standard InChI is InChI=1S/C21H23N3O7/c1-3-22(4-2)9-10-23-18(13-7-8-15(25)14(12-13)24(29)30)17(20(27)21(23)28)19(26)16-6-5-11-31-16/h5-8,11-12,18,25,27H,3-4,9-10H2,1-2H3. The lowest BCUT2D eigenvalue weighted by Crippen LogP contribution is -2.38. The summed E-state index contributed by atoms with van der Waals surface area (Å²) in [5.74, 6) is -2.77. The molecule has 31 heavy (non-hydrogen) atoms. The number of carbonyl (C=O) groups is 2. The number of phenolic OH excluding ortho intramolecular Hbond substituents is 1. The number of ketones is 1. The number of hydrogen-bond acceptors (Lipinski definition) is 8. The largest absolute Gasteiger partial charge is 0.503 e. The van der Waals surface area contributed by atoms with Gasteiger partial charge in [0, 0.05) is 19.2 Å². The predicted molar refractivity (Wildman–Crippen MR) is 110 cm³/mol. The average molecular weight is 429 g/mol. The molecule has 0 saturated carbocycles. The van der Waals surface area contributed by atoms with E-state index in [4.69, 9.17) is 4.42 Å². The molecule has 1 unspecified atom stereocenters. The number of amides is 1. The van der Waals surface area contributed by atoms with Crippen molar-refractivity contribution in [2.24, 2.45) is 0 Å². The van der Waals surface area contributed by atoms with E-state index in [-0.39, 0.29) is 23.4 Å². The molecule has 0 bridgehead atoms. The van der Waals surface area contributed by atoms with Crippen LogP contribution in [0.15, 0.2) is 52.3 Å². The quantitative estimate of drug-likeness (QED) is 0.353. The van der Waals surface area contributed by atoms with Crippen LogP contribution in [0.25, 0.3) is 0 Å². The van der Waals surface area contributed by atoms with Gasteiger partial charge in [-0.15, -0.1) is 0 Å². The molecule has 0 aliphatic carbocycles. The van der Waals surface area contributed by atoms with Crippen LogP contribution in [0.4, 0.5) is 5.69 Å². The van der Waals surface area contributed by atoms with Gasteiger partial charge in [0.1, 0.15) is 0 Å². The van der Waals surface area contributed by atoms with Crippen molar-refractivity contribution in [3.8, 4) is 5.75 Å². The number of hydrogen-bond donors (Lipinski definition) is 2. The van der Waals surface area contributed by atoms with Gasteiger partial charge in [-0.1, -0.05) is 19.9 Å². The Bertz CT molecular complexity index is 1030. The Morgan fingerprint density at radius 3 is 2.55 bits per heavy atom. The van der Waals surface area contributed by atoms with E-state index in [0.717, 1.165) is 25.2 Å². The molecule has 164 valence electrons. The van der Waals surface area contributed by atoms with Crippen LogP contribution in [-0.2, 0) is 4.79 Å². The molecule has 0 fully saturated rings. The highest BCUT2D eigenvalue weighted by Crippen LogP contribution is 2.41. The van der Waals surface area contributed by atoms with Gasteiger partial charge in [-0.3, -0.25) is 19.7 Å². The highest BCUT2D eigenvalue weighted by atomic mass is 16.6. The third-order valence-electron chi connectivity index (χ3n) is 5.36. The van der Waals surface area contributed by atoms with Crippen molar-refractivity contribution in [1.82, 2.24) is 9.80 Å². The van der Waals surface area contributed by atoms with Crippen LogP contribution in [-0.4, -0.2) is 62.8 Å². The van der Waals surface area contributed by atoms with Crippen molar-refractivity contribution in [2.45, 2.75) is 19.9 Å². The number of rotatable bonds is 9. The van der Waals surface area contributed by atoms with E-state index in [9.17, 15) is 29.9 Å². The minimum atomic E-state index is -1.07. The van der Waals surface area contributed by atoms with E-state index in [1.165, 1.54) is 29.4 Å². The van der Waals surface area contributed by atoms with Gasteiger partial charge in [0.15, 0.2) is 17.3 Å². The summed E-state index contributed by atoms with van der Waals surface area (Å²) < 4.78 is 5.14. The fourth-order valence-corrected chi connectivity index (χ4v) is 3.65. The normalized spacial score (nSPS) is 16.4. The topological polar surface area (TPSA) is 137 Å². The molecule has 10 nitrogen and oxygen atoms in total. The van der Waals surface area contributed by atoms with E-state index in [2.05, 4.69) is 4.90 Å². The number of furan rings is 1. The van der Waals surface area contributed by atoms with Crippen LogP contribution < -0.4 is 0 Å². The number of nitro groups is 1. The number of nitrogens with zero attached hydrogens (tertiary/aromatic N) is 3. The first-order valence-corrected chi connectivity index (χ1v) is 9.82. The number of aliphatic hydroxyl groups excluding tert-OH is 1. The van der Waals surface area contributed by atoms with Gasteiger partial charge in [0.05, 0.1) is 22.8 Å². The number of Topliss-reactive ketones (excluding diaryl/α,β-unsaturated/α-hetero) is 1. The van der Waals surface area contributed by atoms with E-state index in [1.807, 2.05) is 13.8 Å². The SMILES string of the molecule is CCN(CC)CCN1C(=O)C(O)=C(C(=O)c2ccco2)C1c1ccc(O)c([N+](=O)[O-])c1. The molecule has 3 rings (SSSR count). The Balaban J connectivity index is 2.08. The van der Waals surface area contributed by atoms with Crippen LogP contribution in [0.5, 0.6) is 5.75 Å². The van der Waals surface area contributed by atoms with E-state index < -0.39 is 39.9 Å². The third kappa shape index (κ3) is 4.15. The summed E-state index contributed by atoms with van der Waals surface area (Å²) in [6.45, 7) is 6.08. The van der Waals surface area contributed by atoms with Crippen molar-refractivity contribution >= 4 is 17.4 Å². The monoisotopic (exact) mass is 429 g/mol. The Labute approximate surface area is 178 Å². The lowest BCUT2D eigenvalue weighted by molar-refractivity contribution is -0.385. The summed E-state index contributed by atoms with van der Waals surface area (Å²) in [4.78, 5) is 39.8. The van der Waals surface area contributed by atoms with Gasteiger partial charge in [-0.2, -0.15) is 0 Å². The average Bonchev–Trinajstić information content (AvgIpc) is 3.37. The van der Waals surface area contributed by atoms with E-state index in [0.29, 0.717) is 6.54 Å². The van der Waals surface area contributed by atoms with Gasteiger partial charge in [-0.25, -0.2) is 0 Å². The highest BCUT2D eigenvalue weighted by molar-refractivity contribution is 6.15. The Hall–Kier alpha value is -3.66. The number of aromatic hydroxyl groups is 1. The second-order valence-corrected chi connectivity index (χ2v) is 7.00. The summed E-state index contributed by atoms with van der Waals surface area (Å²) in [5.41, 5.74) is -0.569. The van der Waals surface area contributed by atoms with E-state index in [1.54, 1.807) is 0 Å².